The molecule has 2 N–H and O–H groups in total. The number of aromatic nitrogens is 3. The fraction of sp³-hybridized carbons (Fsp3) is 0.273. The normalized spacial score (nSPS) is 10.5. The van der Waals surface area contributed by atoms with Crippen LogP contribution in [0.4, 0.5) is 5.69 Å². The second-order valence-electron chi connectivity index (χ2n) is 3.49. The van der Waals surface area contributed by atoms with E-state index in [1.807, 2.05) is 35.1 Å². The molecule has 1 aromatic carbocycles. The first-order valence-electron chi connectivity index (χ1n) is 5.05. The van der Waals surface area contributed by atoms with Gasteiger partial charge in [-0.25, -0.2) is 0 Å². The summed E-state index contributed by atoms with van der Waals surface area (Å²) < 4.78 is 1.85. The minimum absolute atomic E-state index is 0.764. The first kappa shape index (κ1) is 9.71. The largest absolute Gasteiger partial charge is 0.399 e. The Morgan fingerprint density at radius 3 is 2.67 bits per heavy atom. The van der Waals surface area contributed by atoms with Gasteiger partial charge in [0.15, 0.2) is 0 Å². The molecule has 4 heteroatoms. The molecule has 0 atom stereocenters. The molecule has 2 aromatic rings. The van der Waals surface area contributed by atoms with Crippen molar-refractivity contribution in [3.8, 4) is 11.3 Å². The standard InChI is InChI=1S/C11H14N4/c1-2-7-15-8-11(13-14-15)9-3-5-10(12)6-4-9/h3-6,8H,2,7,12H2,1H3. The molecule has 0 saturated carbocycles. The van der Waals surface area contributed by atoms with Gasteiger partial charge in [0.1, 0.15) is 5.69 Å². The molecule has 0 aliphatic heterocycles. The predicted molar refractivity (Wildman–Crippen MR) is 60.2 cm³/mol. The Hall–Kier alpha value is -1.84. The van der Waals surface area contributed by atoms with Crippen molar-refractivity contribution in [3.63, 3.8) is 0 Å². The highest BCUT2D eigenvalue weighted by Crippen LogP contribution is 2.17. The minimum atomic E-state index is 0.764. The number of anilines is 1. The van der Waals surface area contributed by atoms with Crippen LogP contribution in [0.25, 0.3) is 11.3 Å². The number of nitrogens with two attached hydrogens (primary N) is 1. The third kappa shape index (κ3) is 2.15. The third-order valence-corrected chi connectivity index (χ3v) is 2.20. The third-order valence-electron chi connectivity index (χ3n) is 2.20. The summed E-state index contributed by atoms with van der Waals surface area (Å²) in [6.07, 6.45) is 3.01. The van der Waals surface area contributed by atoms with E-state index >= 15 is 0 Å². The fourth-order valence-electron chi connectivity index (χ4n) is 1.42. The van der Waals surface area contributed by atoms with Crippen LogP contribution in [0.15, 0.2) is 30.5 Å². The summed E-state index contributed by atoms with van der Waals surface area (Å²) in [5.74, 6) is 0. The van der Waals surface area contributed by atoms with Gasteiger partial charge in [0, 0.05) is 17.8 Å². The van der Waals surface area contributed by atoms with Crippen LogP contribution in [0.5, 0.6) is 0 Å². The molecular formula is C11H14N4. The Bertz CT molecular complexity index is 430. The lowest BCUT2D eigenvalue weighted by Gasteiger charge is -1.96. The molecule has 78 valence electrons. The van der Waals surface area contributed by atoms with E-state index in [2.05, 4.69) is 17.2 Å². The highest BCUT2D eigenvalue weighted by molar-refractivity contribution is 5.60. The highest BCUT2D eigenvalue weighted by atomic mass is 15.4. The van der Waals surface area contributed by atoms with Gasteiger partial charge in [0.05, 0.1) is 6.20 Å². The molecule has 2 rings (SSSR count). The molecule has 1 aromatic heterocycles. The van der Waals surface area contributed by atoms with Gasteiger partial charge in [0.2, 0.25) is 0 Å². The molecule has 0 fully saturated rings. The number of hydrogen-bond acceptors (Lipinski definition) is 3. The van der Waals surface area contributed by atoms with Gasteiger partial charge in [-0.3, -0.25) is 4.68 Å². The van der Waals surface area contributed by atoms with Crippen molar-refractivity contribution < 1.29 is 0 Å². The van der Waals surface area contributed by atoms with Crippen LogP contribution in [-0.2, 0) is 6.54 Å². The van der Waals surface area contributed by atoms with Crippen LogP contribution in [0.2, 0.25) is 0 Å². The Kier molecular flexibility index (Phi) is 2.67. The number of hydrogen-bond donors (Lipinski definition) is 1. The van der Waals surface area contributed by atoms with Crippen molar-refractivity contribution in [2.75, 3.05) is 5.73 Å². The van der Waals surface area contributed by atoms with Crippen molar-refractivity contribution in [3.05, 3.63) is 30.5 Å². The highest BCUT2D eigenvalue weighted by Gasteiger charge is 2.02. The first-order chi connectivity index (χ1) is 7.29. The zero-order valence-corrected chi connectivity index (χ0v) is 8.72. The zero-order valence-electron chi connectivity index (χ0n) is 8.72. The molecule has 0 bridgehead atoms. The summed E-state index contributed by atoms with van der Waals surface area (Å²) in [6.45, 7) is 3.02. The van der Waals surface area contributed by atoms with Gasteiger partial charge in [0.25, 0.3) is 0 Å². The van der Waals surface area contributed by atoms with E-state index in [0.29, 0.717) is 0 Å². The summed E-state index contributed by atoms with van der Waals surface area (Å²) >= 11 is 0. The number of nitrogens with zero attached hydrogens (tertiary/aromatic N) is 3. The Morgan fingerprint density at radius 1 is 1.27 bits per heavy atom. The van der Waals surface area contributed by atoms with Crippen molar-refractivity contribution in [1.82, 2.24) is 15.0 Å². The maximum atomic E-state index is 5.62. The lowest BCUT2D eigenvalue weighted by atomic mass is 10.1. The van der Waals surface area contributed by atoms with Crippen LogP contribution in [-0.4, -0.2) is 15.0 Å². The summed E-state index contributed by atoms with van der Waals surface area (Å²) in [6, 6.07) is 7.65. The van der Waals surface area contributed by atoms with Gasteiger partial charge in [-0.2, -0.15) is 0 Å². The zero-order chi connectivity index (χ0) is 10.7. The Balaban J connectivity index is 2.25. The Morgan fingerprint density at radius 2 is 2.00 bits per heavy atom. The van der Waals surface area contributed by atoms with Crippen LogP contribution in [0.1, 0.15) is 13.3 Å². The van der Waals surface area contributed by atoms with Crippen molar-refractivity contribution in [2.45, 2.75) is 19.9 Å². The lowest BCUT2D eigenvalue weighted by molar-refractivity contribution is 0.579. The topological polar surface area (TPSA) is 56.7 Å². The Labute approximate surface area is 88.7 Å². The van der Waals surface area contributed by atoms with E-state index < -0.39 is 0 Å². The van der Waals surface area contributed by atoms with Crippen molar-refractivity contribution in [1.29, 1.82) is 0 Å². The average molecular weight is 202 g/mol. The van der Waals surface area contributed by atoms with Crippen LogP contribution < -0.4 is 5.73 Å². The molecule has 0 aliphatic carbocycles. The van der Waals surface area contributed by atoms with E-state index in [4.69, 9.17) is 5.73 Å². The first-order valence-corrected chi connectivity index (χ1v) is 5.05. The molecular weight excluding hydrogens is 188 g/mol. The molecule has 0 radical (unpaired) electrons. The summed E-state index contributed by atoms with van der Waals surface area (Å²) in [5.41, 5.74) is 8.32. The van der Waals surface area contributed by atoms with E-state index in [0.717, 1.165) is 29.9 Å². The molecule has 15 heavy (non-hydrogen) atoms. The van der Waals surface area contributed by atoms with Gasteiger partial charge in [-0.1, -0.05) is 24.3 Å². The molecule has 0 saturated heterocycles. The van der Waals surface area contributed by atoms with E-state index in [-0.39, 0.29) is 0 Å². The molecule has 0 spiro atoms. The minimum Gasteiger partial charge on any atom is -0.399 e. The maximum absolute atomic E-state index is 5.62. The fourth-order valence-corrected chi connectivity index (χ4v) is 1.42. The number of benzene rings is 1. The molecule has 0 amide bonds. The number of rotatable bonds is 3. The number of aryl methyl sites for hydroxylation is 1. The molecule has 4 nitrogen and oxygen atoms in total. The molecule has 0 aliphatic rings. The maximum Gasteiger partial charge on any atom is 0.113 e. The van der Waals surface area contributed by atoms with Crippen molar-refractivity contribution >= 4 is 5.69 Å². The summed E-state index contributed by atoms with van der Waals surface area (Å²) in [7, 11) is 0. The summed E-state index contributed by atoms with van der Waals surface area (Å²) in [5, 5.41) is 8.15. The second-order valence-corrected chi connectivity index (χ2v) is 3.49. The molecule has 1 heterocycles. The van der Waals surface area contributed by atoms with E-state index in [9.17, 15) is 0 Å². The van der Waals surface area contributed by atoms with E-state index in [1.54, 1.807) is 0 Å². The van der Waals surface area contributed by atoms with E-state index in [1.165, 1.54) is 0 Å². The van der Waals surface area contributed by atoms with Crippen LogP contribution in [0.3, 0.4) is 0 Å². The quantitative estimate of drug-likeness (QED) is 0.774. The van der Waals surface area contributed by atoms with Crippen LogP contribution in [0, 0.1) is 0 Å². The number of nitrogen functional groups attached to an aromatic ring is 1. The summed E-state index contributed by atoms with van der Waals surface area (Å²) in [4.78, 5) is 0. The van der Waals surface area contributed by atoms with Crippen LogP contribution >= 0.6 is 0 Å². The lowest BCUT2D eigenvalue weighted by Crippen LogP contribution is -1.96. The van der Waals surface area contributed by atoms with Gasteiger partial charge < -0.3 is 5.73 Å². The molecule has 0 unspecified atom stereocenters. The average Bonchev–Trinajstić information content (AvgIpc) is 2.68. The SMILES string of the molecule is CCCn1cc(-c2ccc(N)cc2)nn1. The smallest absolute Gasteiger partial charge is 0.113 e. The second kappa shape index (κ2) is 4.13. The monoisotopic (exact) mass is 202 g/mol. The predicted octanol–water partition coefficient (Wildman–Crippen LogP) is 1.94. The van der Waals surface area contributed by atoms with Gasteiger partial charge in [-0.15, -0.1) is 5.10 Å². The van der Waals surface area contributed by atoms with Gasteiger partial charge >= 0.3 is 0 Å². The van der Waals surface area contributed by atoms with Gasteiger partial charge in [-0.05, 0) is 18.6 Å². The van der Waals surface area contributed by atoms with Crippen molar-refractivity contribution in [2.24, 2.45) is 0 Å².